The predicted octanol–water partition coefficient (Wildman–Crippen LogP) is 5.41. The molecule has 0 amide bonds. The predicted molar refractivity (Wildman–Crippen MR) is 146 cm³/mol. The van der Waals surface area contributed by atoms with Crippen LogP contribution in [-0.4, -0.2) is 42.1 Å². The highest BCUT2D eigenvalue weighted by Crippen LogP contribution is 2.42. The molecule has 0 spiro atoms. The van der Waals surface area contributed by atoms with E-state index in [0.29, 0.717) is 24.0 Å². The van der Waals surface area contributed by atoms with Gasteiger partial charge in [0.15, 0.2) is 23.1 Å². The third-order valence-electron chi connectivity index (χ3n) is 6.37. The van der Waals surface area contributed by atoms with Gasteiger partial charge in [0, 0.05) is 12.4 Å². The third kappa shape index (κ3) is 6.26. The molecule has 1 fully saturated rings. The Labute approximate surface area is 227 Å². The minimum atomic E-state index is -4.05. The van der Waals surface area contributed by atoms with Gasteiger partial charge >= 0.3 is 0 Å². The zero-order chi connectivity index (χ0) is 27.2. The Balaban J connectivity index is 1.63. The molecular formula is C28H29N5O5S. The average Bonchev–Trinajstić information content (AvgIpc) is 3.48. The summed E-state index contributed by atoms with van der Waals surface area (Å²) >= 11 is 0. The fourth-order valence-electron chi connectivity index (χ4n) is 4.29. The molecule has 1 aliphatic carbocycles. The fraction of sp³-hybridized carbons (Fsp3) is 0.286. The molecule has 0 radical (unpaired) electrons. The van der Waals surface area contributed by atoms with Gasteiger partial charge < -0.3 is 14.2 Å². The minimum absolute atomic E-state index is 0.00728. The molecule has 1 aliphatic rings. The first kappa shape index (κ1) is 26.4. The Morgan fingerprint density at radius 1 is 0.897 bits per heavy atom. The number of anilines is 1. The molecule has 0 saturated heterocycles. The van der Waals surface area contributed by atoms with Crippen molar-refractivity contribution < 1.29 is 22.6 Å². The molecule has 10 nitrogen and oxygen atoms in total. The number of hydrogen-bond donors (Lipinski definition) is 1. The van der Waals surface area contributed by atoms with Gasteiger partial charge in [-0.2, -0.15) is 4.98 Å². The van der Waals surface area contributed by atoms with Crippen molar-refractivity contribution in [1.29, 1.82) is 0 Å². The Kier molecular flexibility index (Phi) is 7.87. The highest BCUT2D eigenvalue weighted by atomic mass is 32.2. The second kappa shape index (κ2) is 11.6. The maximum absolute atomic E-state index is 13.4. The molecule has 2 heterocycles. The van der Waals surface area contributed by atoms with Crippen LogP contribution in [0.25, 0.3) is 11.6 Å². The molecular weight excluding hydrogens is 518 g/mol. The summed E-state index contributed by atoms with van der Waals surface area (Å²) in [5, 5.41) is 0. The van der Waals surface area contributed by atoms with Crippen molar-refractivity contribution in [2.75, 3.05) is 18.4 Å². The van der Waals surface area contributed by atoms with Gasteiger partial charge in [0.1, 0.15) is 0 Å². The Hall–Kier alpha value is -4.25. The van der Waals surface area contributed by atoms with Gasteiger partial charge in [-0.15, -0.1) is 0 Å². The molecule has 0 atom stereocenters. The van der Waals surface area contributed by atoms with Crippen LogP contribution in [0, 0.1) is 12.8 Å². The molecule has 2 aromatic carbocycles. The van der Waals surface area contributed by atoms with Crippen LogP contribution in [0.5, 0.6) is 23.1 Å². The smallest absolute Gasteiger partial charge is 0.263 e. The van der Waals surface area contributed by atoms with Gasteiger partial charge in [-0.05, 0) is 56.0 Å². The normalized spacial score (nSPS) is 13.7. The van der Waals surface area contributed by atoms with Gasteiger partial charge in [0.25, 0.3) is 15.9 Å². The van der Waals surface area contributed by atoms with Crippen LogP contribution in [0.3, 0.4) is 0 Å². The van der Waals surface area contributed by atoms with Crippen LogP contribution in [-0.2, 0) is 10.0 Å². The lowest BCUT2D eigenvalue weighted by atomic mass is 10.1. The number of sulfonamides is 1. The number of nitrogens with one attached hydrogen (secondary N) is 1. The molecule has 0 bridgehead atoms. The Morgan fingerprint density at radius 3 is 2.28 bits per heavy atom. The first-order valence-electron chi connectivity index (χ1n) is 12.7. The number of benzene rings is 2. The van der Waals surface area contributed by atoms with Crippen LogP contribution >= 0.6 is 0 Å². The van der Waals surface area contributed by atoms with Gasteiger partial charge in [-0.1, -0.05) is 42.7 Å². The lowest BCUT2D eigenvalue weighted by molar-refractivity contribution is 0.234. The van der Waals surface area contributed by atoms with E-state index in [0.717, 1.165) is 31.2 Å². The average molecular weight is 548 g/mol. The van der Waals surface area contributed by atoms with Crippen molar-refractivity contribution >= 4 is 15.8 Å². The number of para-hydroxylation sites is 2. The first-order chi connectivity index (χ1) is 18.9. The highest BCUT2D eigenvalue weighted by molar-refractivity contribution is 7.92. The lowest BCUT2D eigenvalue weighted by Gasteiger charge is -2.19. The van der Waals surface area contributed by atoms with E-state index in [1.54, 1.807) is 54.9 Å². The number of aryl methyl sites for hydroxylation is 1. The van der Waals surface area contributed by atoms with Crippen LogP contribution in [0.15, 0.2) is 71.9 Å². The van der Waals surface area contributed by atoms with Crippen molar-refractivity contribution in [3.63, 3.8) is 0 Å². The van der Waals surface area contributed by atoms with Crippen LogP contribution < -0.4 is 18.9 Å². The van der Waals surface area contributed by atoms with E-state index in [9.17, 15) is 8.42 Å². The van der Waals surface area contributed by atoms with E-state index in [2.05, 4.69) is 24.7 Å². The number of hydrogen-bond acceptors (Lipinski definition) is 9. The van der Waals surface area contributed by atoms with Crippen LogP contribution in [0.2, 0.25) is 0 Å². The van der Waals surface area contributed by atoms with E-state index in [1.807, 2.05) is 6.92 Å². The van der Waals surface area contributed by atoms with E-state index in [-0.39, 0.29) is 34.0 Å². The summed E-state index contributed by atoms with van der Waals surface area (Å²) < 4.78 is 47.3. The second-order valence-corrected chi connectivity index (χ2v) is 10.9. The maximum atomic E-state index is 13.4. The number of rotatable bonds is 10. The molecule has 11 heteroatoms. The van der Waals surface area contributed by atoms with Crippen LogP contribution in [0.4, 0.5) is 5.82 Å². The zero-order valence-electron chi connectivity index (χ0n) is 21.7. The topological polar surface area (TPSA) is 125 Å². The number of nitrogens with zero attached hydrogens (tertiary/aromatic N) is 4. The van der Waals surface area contributed by atoms with Crippen LogP contribution in [0.1, 0.15) is 31.2 Å². The minimum Gasteiger partial charge on any atom is -0.493 e. The standard InChI is InChI=1S/C28H29N5O5S/c1-19-12-14-21(15-13-19)39(34,35)33-25-24(38-23-11-6-5-10-22(23)36-2)28(37-18-20-8-3-4-9-20)32-27(31-25)26-29-16-7-17-30-26/h5-7,10-17,20H,3-4,8-9,18H2,1-2H3,(H,31,32,33). The number of aromatic nitrogens is 4. The summed E-state index contributed by atoms with van der Waals surface area (Å²) in [6.07, 6.45) is 7.51. The largest absolute Gasteiger partial charge is 0.493 e. The maximum Gasteiger partial charge on any atom is 0.263 e. The summed E-state index contributed by atoms with van der Waals surface area (Å²) in [5.41, 5.74) is 0.933. The summed E-state index contributed by atoms with van der Waals surface area (Å²) in [6, 6.07) is 15.2. The first-order valence-corrected chi connectivity index (χ1v) is 14.1. The molecule has 4 aromatic rings. The molecule has 0 unspecified atom stereocenters. The van der Waals surface area contributed by atoms with Crippen molar-refractivity contribution in [2.45, 2.75) is 37.5 Å². The monoisotopic (exact) mass is 547 g/mol. The second-order valence-electron chi connectivity index (χ2n) is 9.24. The highest BCUT2D eigenvalue weighted by Gasteiger charge is 2.27. The summed E-state index contributed by atoms with van der Waals surface area (Å²) in [4.78, 5) is 17.6. The molecule has 0 aliphatic heterocycles. The SMILES string of the molecule is COc1ccccc1Oc1c(NS(=O)(=O)c2ccc(C)cc2)nc(-c2ncccn2)nc1OCC1CCCC1. The number of methoxy groups -OCH3 is 1. The van der Waals surface area contributed by atoms with Gasteiger partial charge in [-0.3, -0.25) is 4.72 Å². The van der Waals surface area contributed by atoms with Gasteiger partial charge in [-0.25, -0.2) is 23.4 Å². The van der Waals surface area contributed by atoms with E-state index < -0.39 is 10.0 Å². The van der Waals surface area contributed by atoms with Gasteiger partial charge in [0.2, 0.25) is 11.6 Å². The van der Waals surface area contributed by atoms with E-state index in [1.165, 1.54) is 19.2 Å². The Morgan fingerprint density at radius 2 is 1.59 bits per heavy atom. The molecule has 202 valence electrons. The molecule has 1 N–H and O–H groups in total. The van der Waals surface area contributed by atoms with Crippen molar-refractivity contribution in [3.05, 3.63) is 72.6 Å². The van der Waals surface area contributed by atoms with E-state index in [4.69, 9.17) is 14.2 Å². The summed E-state index contributed by atoms with van der Waals surface area (Å²) in [6.45, 7) is 2.28. The Bertz CT molecular complexity index is 1530. The van der Waals surface area contributed by atoms with Gasteiger partial charge in [0.05, 0.1) is 18.6 Å². The molecule has 2 aromatic heterocycles. The summed E-state index contributed by atoms with van der Waals surface area (Å²) in [5.74, 6) is 1.42. The summed E-state index contributed by atoms with van der Waals surface area (Å²) in [7, 11) is -2.53. The third-order valence-corrected chi connectivity index (χ3v) is 7.73. The van der Waals surface area contributed by atoms with E-state index >= 15 is 0 Å². The van der Waals surface area contributed by atoms with Crippen molar-refractivity contribution in [2.24, 2.45) is 5.92 Å². The molecule has 1 saturated carbocycles. The fourth-order valence-corrected chi connectivity index (χ4v) is 5.30. The lowest BCUT2D eigenvalue weighted by Crippen LogP contribution is -2.17. The quantitative estimate of drug-likeness (QED) is 0.277. The number of ether oxygens (including phenoxy) is 3. The molecule has 39 heavy (non-hydrogen) atoms. The molecule has 5 rings (SSSR count). The van der Waals surface area contributed by atoms with Crippen molar-refractivity contribution in [3.8, 4) is 34.8 Å². The van der Waals surface area contributed by atoms with Crippen molar-refractivity contribution in [1.82, 2.24) is 19.9 Å². The zero-order valence-corrected chi connectivity index (χ0v) is 22.5.